The fraction of sp³-hybridized carbons (Fsp3) is 0.560. The van der Waals surface area contributed by atoms with E-state index in [1.165, 1.54) is 32.1 Å². The molecule has 3 rings (SSSR count). The van der Waals surface area contributed by atoms with Gasteiger partial charge in [0.25, 0.3) is 0 Å². The van der Waals surface area contributed by atoms with Crippen molar-refractivity contribution in [3.63, 3.8) is 0 Å². The van der Waals surface area contributed by atoms with Crippen LogP contribution in [-0.4, -0.2) is 16.6 Å². The van der Waals surface area contributed by atoms with E-state index in [1.807, 2.05) is 24.5 Å². The maximum absolute atomic E-state index is 9.04. The van der Waals surface area contributed by atoms with Crippen molar-refractivity contribution in [2.24, 2.45) is 5.92 Å². The lowest BCUT2D eigenvalue weighted by molar-refractivity contribution is 0.304. The van der Waals surface area contributed by atoms with E-state index in [1.54, 1.807) is 0 Å². The Hall–Kier alpha value is -2.41. The Morgan fingerprint density at radius 1 is 0.897 bits per heavy atom. The summed E-state index contributed by atoms with van der Waals surface area (Å²) in [6.45, 7) is 3.03. The molecule has 0 N–H and O–H groups in total. The molecule has 1 aliphatic carbocycles. The second kappa shape index (κ2) is 11.6. The molecule has 154 valence electrons. The number of nitriles is 1. The molecule has 1 aromatic carbocycles. The summed E-state index contributed by atoms with van der Waals surface area (Å²) in [5.41, 5.74) is 2.14. The first-order chi connectivity index (χ1) is 14.3. The Balaban J connectivity index is 1.45. The second-order valence-electron chi connectivity index (χ2n) is 8.15. The highest BCUT2D eigenvalue weighted by atomic mass is 16.5. The van der Waals surface area contributed by atoms with Crippen LogP contribution in [0.3, 0.4) is 0 Å². The minimum absolute atomic E-state index is 0.215. The van der Waals surface area contributed by atoms with Gasteiger partial charge in [-0.3, -0.25) is 0 Å². The summed E-state index contributed by atoms with van der Waals surface area (Å²) < 4.78 is 5.87. The van der Waals surface area contributed by atoms with Gasteiger partial charge in [-0.1, -0.05) is 51.2 Å². The Kier molecular flexibility index (Phi) is 8.49. The van der Waals surface area contributed by atoms with E-state index in [4.69, 9.17) is 10.00 Å². The summed E-state index contributed by atoms with van der Waals surface area (Å²) in [7, 11) is 0. The van der Waals surface area contributed by atoms with Gasteiger partial charge in [0.2, 0.25) is 0 Å². The summed E-state index contributed by atoms with van der Waals surface area (Å²) in [6, 6.07) is 10.6. The predicted molar refractivity (Wildman–Crippen MR) is 117 cm³/mol. The largest absolute Gasteiger partial charge is 0.494 e. The number of ether oxygens (including phenoxy) is 1. The van der Waals surface area contributed by atoms with Crippen molar-refractivity contribution in [3.8, 4) is 22.9 Å². The van der Waals surface area contributed by atoms with E-state index < -0.39 is 0 Å². The Bertz CT molecular complexity index is 756. The second-order valence-corrected chi connectivity index (χ2v) is 8.15. The molecule has 4 heteroatoms. The maximum Gasteiger partial charge on any atom is 0.131 e. The Morgan fingerprint density at radius 3 is 2.21 bits per heavy atom. The lowest BCUT2D eigenvalue weighted by Crippen LogP contribution is -2.14. The van der Waals surface area contributed by atoms with Crippen molar-refractivity contribution in [2.75, 3.05) is 6.61 Å². The minimum Gasteiger partial charge on any atom is -0.494 e. The smallest absolute Gasteiger partial charge is 0.131 e. The molecule has 0 saturated heterocycles. The molecule has 4 nitrogen and oxygen atoms in total. The quantitative estimate of drug-likeness (QED) is 0.424. The van der Waals surface area contributed by atoms with Crippen LogP contribution in [-0.2, 0) is 0 Å². The zero-order valence-corrected chi connectivity index (χ0v) is 17.6. The summed E-state index contributed by atoms with van der Waals surface area (Å²) in [4.78, 5) is 9.24. The van der Waals surface area contributed by atoms with Crippen LogP contribution in [0, 0.1) is 17.2 Å². The van der Waals surface area contributed by atoms with Crippen molar-refractivity contribution in [2.45, 2.75) is 77.0 Å². The first-order valence-corrected chi connectivity index (χ1v) is 11.2. The normalized spacial score (nSPS) is 18.9. The number of unbranched alkanes of at least 4 members (excludes halogenated alkanes) is 5. The Labute approximate surface area is 175 Å². The molecule has 0 aliphatic heterocycles. The third kappa shape index (κ3) is 6.56. The zero-order valence-electron chi connectivity index (χ0n) is 17.6. The monoisotopic (exact) mass is 391 g/mol. The summed E-state index contributed by atoms with van der Waals surface area (Å²) in [5, 5.41) is 9.04. The van der Waals surface area contributed by atoms with Crippen molar-refractivity contribution < 1.29 is 4.74 Å². The summed E-state index contributed by atoms with van der Waals surface area (Å²) in [5.74, 6) is 2.46. The SMILES string of the molecule is CCCCCCCCOc1ccc(-c2cnc(C3CCC(C#N)CC3)nc2)cc1. The lowest BCUT2D eigenvalue weighted by atomic mass is 9.82. The molecule has 1 fully saturated rings. The van der Waals surface area contributed by atoms with Gasteiger partial charge < -0.3 is 4.74 Å². The third-order valence-electron chi connectivity index (χ3n) is 5.90. The van der Waals surface area contributed by atoms with Crippen LogP contribution < -0.4 is 4.74 Å². The van der Waals surface area contributed by atoms with Crippen LogP contribution in [0.2, 0.25) is 0 Å². The van der Waals surface area contributed by atoms with E-state index in [0.717, 1.165) is 61.4 Å². The molecule has 1 aliphatic rings. The average Bonchev–Trinajstić information content (AvgIpc) is 2.79. The molecule has 0 atom stereocenters. The highest BCUT2D eigenvalue weighted by Gasteiger charge is 2.23. The average molecular weight is 392 g/mol. The molecule has 1 aromatic heterocycles. The highest BCUT2D eigenvalue weighted by molar-refractivity contribution is 5.62. The maximum atomic E-state index is 9.04. The van der Waals surface area contributed by atoms with Crippen LogP contribution in [0.5, 0.6) is 5.75 Å². The molecule has 0 amide bonds. The van der Waals surface area contributed by atoms with E-state index in [9.17, 15) is 0 Å². The summed E-state index contributed by atoms with van der Waals surface area (Å²) >= 11 is 0. The van der Waals surface area contributed by atoms with Crippen LogP contribution in [0.1, 0.15) is 82.9 Å². The number of benzene rings is 1. The number of aromatic nitrogens is 2. The lowest BCUT2D eigenvalue weighted by Gasteiger charge is -2.23. The molecule has 0 radical (unpaired) electrons. The summed E-state index contributed by atoms with van der Waals surface area (Å²) in [6.07, 6.45) is 15.5. The highest BCUT2D eigenvalue weighted by Crippen LogP contribution is 2.34. The molecular formula is C25H33N3O. The molecule has 1 saturated carbocycles. The van der Waals surface area contributed by atoms with Gasteiger partial charge in [0, 0.05) is 29.8 Å². The third-order valence-corrected chi connectivity index (χ3v) is 5.90. The van der Waals surface area contributed by atoms with E-state index in [0.29, 0.717) is 5.92 Å². The molecule has 29 heavy (non-hydrogen) atoms. The van der Waals surface area contributed by atoms with Crippen LogP contribution in [0.15, 0.2) is 36.7 Å². The Morgan fingerprint density at radius 2 is 1.55 bits per heavy atom. The topological polar surface area (TPSA) is 58.8 Å². The first kappa shape index (κ1) is 21.3. The molecule has 2 aromatic rings. The first-order valence-electron chi connectivity index (χ1n) is 11.2. The van der Waals surface area contributed by atoms with Gasteiger partial charge in [0.05, 0.1) is 12.7 Å². The zero-order chi connectivity index (χ0) is 20.3. The van der Waals surface area contributed by atoms with Gasteiger partial charge in [0.1, 0.15) is 11.6 Å². The minimum atomic E-state index is 0.215. The van der Waals surface area contributed by atoms with Crippen molar-refractivity contribution in [1.29, 1.82) is 5.26 Å². The van der Waals surface area contributed by atoms with Gasteiger partial charge in [-0.05, 0) is 49.8 Å². The number of nitrogens with zero attached hydrogens (tertiary/aromatic N) is 3. The standard InChI is InChI=1S/C25H33N3O/c1-2-3-4-5-6-7-16-29-24-14-12-21(13-15-24)23-18-27-25(28-19-23)22-10-8-20(17-26)9-11-22/h12-15,18-20,22H,2-11,16H2,1H3. The fourth-order valence-electron chi connectivity index (χ4n) is 3.99. The van der Waals surface area contributed by atoms with E-state index >= 15 is 0 Å². The number of hydrogen-bond acceptors (Lipinski definition) is 4. The predicted octanol–water partition coefficient (Wildman–Crippen LogP) is 6.68. The fourth-order valence-corrected chi connectivity index (χ4v) is 3.99. The van der Waals surface area contributed by atoms with Gasteiger partial charge >= 0.3 is 0 Å². The molecule has 1 heterocycles. The van der Waals surface area contributed by atoms with Crippen LogP contribution in [0.25, 0.3) is 11.1 Å². The van der Waals surface area contributed by atoms with Gasteiger partial charge in [-0.15, -0.1) is 0 Å². The van der Waals surface area contributed by atoms with Gasteiger partial charge in [0.15, 0.2) is 0 Å². The van der Waals surface area contributed by atoms with Crippen molar-refractivity contribution in [1.82, 2.24) is 9.97 Å². The van der Waals surface area contributed by atoms with Crippen molar-refractivity contribution in [3.05, 3.63) is 42.5 Å². The van der Waals surface area contributed by atoms with E-state index in [2.05, 4.69) is 35.1 Å². The van der Waals surface area contributed by atoms with E-state index in [-0.39, 0.29) is 5.92 Å². The molecule has 0 unspecified atom stereocenters. The van der Waals surface area contributed by atoms with Gasteiger partial charge in [-0.25, -0.2) is 9.97 Å². The van der Waals surface area contributed by atoms with Crippen LogP contribution in [0.4, 0.5) is 0 Å². The molecular weight excluding hydrogens is 358 g/mol. The van der Waals surface area contributed by atoms with Crippen LogP contribution >= 0.6 is 0 Å². The molecule has 0 bridgehead atoms. The molecule has 0 spiro atoms. The van der Waals surface area contributed by atoms with Crippen molar-refractivity contribution >= 4 is 0 Å². The number of rotatable bonds is 10. The number of hydrogen-bond donors (Lipinski definition) is 0. The van der Waals surface area contributed by atoms with Gasteiger partial charge in [-0.2, -0.15) is 5.26 Å².